The first-order valence-corrected chi connectivity index (χ1v) is 3.89. The van der Waals surface area contributed by atoms with E-state index in [4.69, 9.17) is 0 Å². The van der Waals surface area contributed by atoms with Crippen LogP contribution in [0, 0.1) is 5.92 Å². The van der Waals surface area contributed by atoms with Gasteiger partial charge < -0.3 is 0 Å². The lowest BCUT2D eigenvalue weighted by atomic mass is 10.1. The molecule has 0 amide bonds. The number of allylic oxidation sites excluding steroid dienone is 1. The molecule has 0 N–H and O–H groups in total. The summed E-state index contributed by atoms with van der Waals surface area (Å²) >= 11 is 0. The Labute approximate surface area is 62.1 Å². The maximum absolute atomic E-state index is 2.33. The molecule has 2 rings (SSSR count). The second kappa shape index (κ2) is 2.07. The molecular weight excluding hydrogens is 124 g/mol. The molecule has 0 aromatic heterocycles. The second-order valence-electron chi connectivity index (χ2n) is 3.33. The Bertz CT molecular complexity index is 165. The average molecular weight is 138 g/mol. The van der Waals surface area contributed by atoms with Crippen LogP contribution < -0.4 is 0 Å². The fourth-order valence-corrected chi connectivity index (χ4v) is 2.00. The molecule has 10 heavy (non-hydrogen) atoms. The summed E-state index contributed by atoms with van der Waals surface area (Å²) in [5.74, 6) is 0.870. The van der Waals surface area contributed by atoms with Crippen LogP contribution >= 0.6 is 0 Å². The summed E-state index contributed by atoms with van der Waals surface area (Å²) in [7, 11) is 4.33. The van der Waals surface area contributed by atoms with Crippen molar-refractivity contribution >= 4 is 0 Å². The molecule has 1 fully saturated rings. The van der Waals surface area contributed by atoms with Crippen molar-refractivity contribution in [3.63, 3.8) is 0 Å². The Morgan fingerprint density at radius 2 is 2.20 bits per heavy atom. The molecule has 0 aromatic rings. The van der Waals surface area contributed by atoms with E-state index in [2.05, 4.69) is 36.3 Å². The third-order valence-electron chi connectivity index (χ3n) is 2.72. The number of nitrogens with zero attached hydrogens (tertiary/aromatic N) is 2. The molecule has 2 nitrogen and oxygen atoms in total. The van der Waals surface area contributed by atoms with E-state index in [1.807, 2.05) is 0 Å². The molecule has 2 unspecified atom stereocenters. The van der Waals surface area contributed by atoms with Crippen LogP contribution in [0.2, 0.25) is 0 Å². The average Bonchev–Trinajstić information content (AvgIpc) is 2.41. The van der Waals surface area contributed by atoms with Crippen LogP contribution in [0.25, 0.3) is 0 Å². The van der Waals surface area contributed by atoms with Crippen molar-refractivity contribution in [2.45, 2.75) is 12.5 Å². The van der Waals surface area contributed by atoms with Gasteiger partial charge in [0, 0.05) is 26.7 Å². The zero-order chi connectivity index (χ0) is 7.14. The van der Waals surface area contributed by atoms with Crippen molar-refractivity contribution in [3.05, 3.63) is 12.2 Å². The summed E-state index contributed by atoms with van der Waals surface area (Å²) in [6, 6.07) is 0.699. The smallest absolute Gasteiger partial charge is 0.0466 e. The number of hydrogen-bond donors (Lipinski definition) is 0. The topological polar surface area (TPSA) is 6.48 Å². The van der Waals surface area contributed by atoms with Gasteiger partial charge in [0.05, 0.1) is 0 Å². The molecule has 2 atom stereocenters. The zero-order valence-electron chi connectivity index (χ0n) is 6.62. The van der Waals surface area contributed by atoms with Gasteiger partial charge >= 0.3 is 0 Å². The third kappa shape index (κ3) is 0.724. The van der Waals surface area contributed by atoms with E-state index < -0.39 is 0 Å². The van der Waals surface area contributed by atoms with E-state index in [0.717, 1.165) is 5.92 Å². The van der Waals surface area contributed by atoms with Crippen molar-refractivity contribution in [2.24, 2.45) is 5.92 Å². The quantitative estimate of drug-likeness (QED) is 0.455. The number of rotatable bonds is 0. The van der Waals surface area contributed by atoms with Crippen LogP contribution in [0.3, 0.4) is 0 Å². The zero-order valence-corrected chi connectivity index (χ0v) is 6.62. The van der Waals surface area contributed by atoms with Crippen LogP contribution in [0.4, 0.5) is 0 Å². The van der Waals surface area contributed by atoms with Crippen LogP contribution in [0.1, 0.15) is 6.42 Å². The largest absolute Gasteiger partial charge is 0.244 e. The summed E-state index contributed by atoms with van der Waals surface area (Å²) < 4.78 is 0. The number of likely N-dealkylation sites (N-methyl/N-ethyl adjacent to an activating group) is 1. The lowest BCUT2D eigenvalue weighted by Crippen LogP contribution is -2.33. The predicted molar refractivity (Wildman–Crippen MR) is 41.4 cm³/mol. The fraction of sp³-hybridized carbons (Fsp3) is 0.750. The highest BCUT2D eigenvalue weighted by Gasteiger charge is 2.35. The van der Waals surface area contributed by atoms with Crippen molar-refractivity contribution in [1.29, 1.82) is 0 Å². The molecule has 2 heteroatoms. The summed E-state index contributed by atoms with van der Waals surface area (Å²) in [5.41, 5.74) is 0. The Balaban J connectivity index is 2.16. The van der Waals surface area contributed by atoms with Gasteiger partial charge in [0.15, 0.2) is 0 Å². The van der Waals surface area contributed by atoms with Crippen molar-refractivity contribution in [2.75, 3.05) is 20.6 Å². The first-order chi connectivity index (χ1) is 4.79. The highest BCUT2D eigenvalue weighted by atomic mass is 15.6. The SMILES string of the molecule is CN1CC2CC=CC2N1C. The van der Waals surface area contributed by atoms with Gasteiger partial charge in [-0.25, -0.2) is 10.0 Å². The maximum Gasteiger partial charge on any atom is 0.0466 e. The van der Waals surface area contributed by atoms with Crippen molar-refractivity contribution < 1.29 is 0 Å². The molecule has 1 aliphatic carbocycles. The van der Waals surface area contributed by atoms with Gasteiger partial charge in [0.1, 0.15) is 0 Å². The van der Waals surface area contributed by atoms with E-state index in [1.165, 1.54) is 13.0 Å². The summed E-state index contributed by atoms with van der Waals surface area (Å²) in [5, 5.41) is 4.63. The van der Waals surface area contributed by atoms with Gasteiger partial charge in [0.25, 0.3) is 0 Å². The minimum atomic E-state index is 0.699. The second-order valence-corrected chi connectivity index (χ2v) is 3.33. The van der Waals surface area contributed by atoms with Gasteiger partial charge in [-0.05, 0) is 12.3 Å². The van der Waals surface area contributed by atoms with E-state index >= 15 is 0 Å². The maximum atomic E-state index is 2.33. The molecule has 56 valence electrons. The Hall–Kier alpha value is -0.340. The molecule has 1 heterocycles. The number of hydrogen-bond acceptors (Lipinski definition) is 2. The highest BCUT2D eigenvalue weighted by Crippen LogP contribution is 2.29. The molecular formula is C8H14N2. The summed E-state index contributed by atoms with van der Waals surface area (Å²) in [4.78, 5) is 0. The first-order valence-electron chi connectivity index (χ1n) is 3.89. The molecule has 1 aliphatic heterocycles. The monoisotopic (exact) mass is 138 g/mol. The number of fused-ring (bicyclic) bond motifs is 1. The Morgan fingerprint density at radius 1 is 1.40 bits per heavy atom. The predicted octanol–water partition coefficient (Wildman–Crippen LogP) is 0.723. The van der Waals surface area contributed by atoms with E-state index in [9.17, 15) is 0 Å². The minimum absolute atomic E-state index is 0.699. The molecule has 0 bridgehead atoms. The lowest BCUT2D eigenvalue weighted by Gasteiger charge is -2.22. The van der Waals surface area contributed by atoms with Gasteiger partial charge in [-0.1, -0.05) is 12.2 Å². The van der Waals surface area contributed by atoms with Crippen molar-refractivity contribution in [1.82, 2.24) is 10.0 Å². The summed E-state index contributed by atoms with van der Waals surface area (Å²) in [6.07, 6.45) is 5.91. The lowest BCUT2D eigenvalue weighted by molar-refractivity contribution is 0.0680. The van der Waals surface area contributed by atoms with Crippen molar-refractivity contribution in [3.8, 4) is 0 Å². The Kier molecular flexibility index (Phi) is 1.32. The summed E-state index contributed by atoms with van der Waals surface area (Å²) in [6.45, 7) is 1.23. The molecule has 0 radical (unpaired) electrons. The molecule has 0 spiro atoms. The molecule has 0 aromatic carbocycles. The fourth-order valence-electron chi connectivity index (χ4n) is 2.00. The first kappa shape index (κ1) is 6.38. The van der Waals surface area contributed by atoms with Crippen LogP contribution in [-0.4, -0.2) is 36.7 Å². The van der Waals surface area contributed by atoms with E-state index in [-0.39, 0.29) is 0 Å². The minimum Gasteiger partial charge on any atom is -0.244 e. The van der Waals surface area contributed by atoms with Gasteiger partial charge in [-0.15, -0.1) is 0 Å². The molecule has 0 saturated carbocycles. The van der Waals surface area contributed by atoms with Crippen LogP contribution in [0.15, 0.2) is 12.2 Å². The number of hydrazine groups is 1. The van der Waals surface area contributed by atoms with Crippen LogP contribution in [0.5, 0.6) is 0 Å². The van der Waals surface area contributed by atoms with Gasteiger partial charge in [-0.2, -0.15) is 0 Å². The Morgan fingerprint density at radius 3 is 2.90 bits per heavy atom. The normalized spacial score (nSPS) is 41.0. The third-order valence-corrected chi connectivity index (χ3v) is 2.72. The van der Waals surface area contributed by atoms with Crippen LogP contribution in [-0.2, 0) is 0 Å². The molecule has 1 saturated heterocycles. The molecule has 2 aliphatic rings. The van der Waals surface area contributed by atoms with E-state index in [1.54, 1.807) is 0 Å². The van der Waals surface area contributed by atoms with Gasteiger partial charge in [-0.3, -0.25) is 0 Å². The van der Waals surface area contributed by atoms with E-state index in [0.29, 0.717) is 6.04 Å². The van der Waals surface area contributed by atoms with Gasteiger partial charge in [0.2, 0.25) is 0 Å². The standard InChI is InChI=1S/C8H14N2/c1-9-6-7-4-3-5-8(7)10(9)2/h3,5,7-8H,4,6H2,1-2H3. The highest BCUT2D eigenvalue weighted by molar-refractivity contribution is 5.08.